The Bertz CT molecular complexity index is 151. The molecule has 2 fully saturated rings. The molecule has 0 radical (unpaired) electrons. The molecule has 0 spiro atoms. The molecule has 0 bridgehead atoms. The second-order valence-corrected chi connectivity index (χ2v) is 4.81. The summed E-state index contributed by atoms with van der Waals surface area (Å²) in [6.45, 7) is 3.72. The normalized spacial score (nSPS) is 39.5. The quantitative estimate of drug-likeness (QED) is 0.580. The number of hydrogen-bond donors (Lipinski definition) is 0. The summed E-state index contributed by atoms with van der Waals surface area (Å²) in [4.78, 5) is 2.51. The molecule has 2 aliphatic rings. The first-order valence-corrected chi connectivity index (χ1v) is 5.47. The third kappa shape index (κ3) is 1.52. The van der Waals surface area contributed by atoms with Gasteiger partial charge in [-0.1, -0.05) is 19.3 Å². The minimum Gasteiger partial charge on any atom is -0.304 e. The molecule has 1 nitrogen and oxygen atoms in total. The third-order valence-corrected chi connectivity index (χ3v) is 4.07. The fraction of sp³-hybridized carbons (Fsp3) is 1.00. The summed E-state index contributed by atoms with van der Waals surface area (Å²) in [5.74, 6) is 2.19. The third-order valence-electron chi connectivity index (χ3n) is 4.07. The highest BCUT2D eigenvalue weighted by Crippen LogP contribution is 2.39. The molecule has 1 saturated carbocycles. The molecule has 0 aromatic heterocycles. The Morgan fingerprint density at radius 1 is 1.08 bits per heavy atom. The molecular weight excluding hydrogens is 146 g/mol. The van der Waals surface area contributed by atoms with Crippen molar-refractivity contribution >= 4 is 0 Å². The molecule has 12 heavy (non-hydrogen) atoms. The average molecular weight is 167 g/mol. The van der Waals surface area contributed by atoms with Crippen LogP contribution in [0.25, 0.3) is 0 Å². The summed E-state index contributed by atoms with van der Waals surface area (Å²) >= 11 is 0. The highest BCUT2D eigenvalue weighted by molar-refractivity contribution is 4.84. The standard InChI is InChI=1S/C11H21N/c1-9-8-11(6-7-12(9)2)10-4-3-5-10/h9-11H,3-8H2,1-2H3/t9-,11?/m1/s1. The summed E-state index contributed by atoms with van der Waals surface area (Å²) in [7, 11) is 2.27. The van der Waals surface area contributed by atoms with Gasteiger partial charge in [-0.2, -0.15) is 0 Å². The zero-order valence-electron chi connectivity index (χ0n) is 8.42. The predicted octanol–water partition coefficient (Wildman–Crippen LogP) is 2.52. The maximum absolute atomic E-state index is 2.51. The average Bonchev–Trinajstić information content (AvgIpc) is 1.93. The van der Waals surface area contributed by atoms with Gasteiger partial charge in [0.05, 0.1) is 0 Å². The molecule has 0 aromatic rings. The van der Waals surface area contributed by atoms with Crippen molar-refractivity contribution in [2.45, 2.75) is 45.1 Å². The zero-order valence-corrected chi connectivity index (χ0v) is 8.42. The van der Waals surface area contributed by atoms with Gasteiger partial charge in [0.25, 0.3) is 0 Å². The van der Waals surface area contributed by atoms with Crippen molar-refractivity contribution in [3.05, 3.63) is 0 Å². The van der Waals surface area contributed by atoms with E-state index in [4.69, 9.17) is 0 Å². The summed E-state index contributed by atoms with van der Waals surface area (Å²) < 4.78 is 0. The number of likely N-dealkylation sites (tertiary alicyclic amines) is 1. The van der Waals surface area contributed by atoms with Crippen LogP contribution in [0.1, 0.15) is 39.0 Å². The van der Waals surface area contributed by atoms with Gasteiger partial charge < -0.3 is 4.90 Å². The van der Waals surface area contributed by atoms with Crippen LogP contribution in [0.5, 0.6) is 0 Å². The molecule has 1 unspecified atom stereocenters. The first-order chi connectivity index (χ1) is 5.77. The van der Waals surface area contributed by atoms with E-state index in [2.05, 4.69) is 18.9 Å². The zero-order chi connectivity index (χ0) is 8.55. The van der Waals surface area contributed by atoms with E-state index in [1.807, 2.05) is 0 Å². The summed E-state index contributed by atoms with van der Waals surface area (Å²) in [6, 6.07) is 0.837. The molecule has 2 atom stereocenters. The van der Waals surface area contributed by atoms with Crippen LogP contribution < -0.4 is 0 Å². The van der Waals surface area contributed by atoms with Gasteiger partial charge in [-0.3, -0.25) is 0 Å². The first-order valence-electron chi connectivity index (χ1n) is 5.47. The summed E-state index contributed by atoms with van der Waals surface area (Å²) in [5.41, 5.74) is 0. The summed E-state index contributed by atoms with van der Waals surface area (Å²) in [5, 5.41) is 0. The van der Waals surface area contributed by atoms with Gasteiger partial charge in [-0.15, -0.1) is 0 Å². The van der Waals surface area contributed by atoms with E-state index in [1.54, 1.807) is 0 Å². The largest absolute Gasteiger partial charge is 0.304 e. The van der Waals surface area contributed by atoms with Crippen molar-refractivity contribution < 1.29 is 0 Å². The molecular formula is C11H21N. The molecule has 1 heterocycles. The van der Waals surface area contributed by atoms with Crippen molar-refractivity contribution in [2.75, 3.05) is 13.6 Å². The van der Waals surface area contributed by atoms with E-state index in [0.29, 0.717) is 0 Å². The number of piperidine rings is 1. The number of rotatable bonds is 1. The Morgan fingerprint density at radius 3 is 2.33 bits per heavy atom. The topological polar surface area (TPSA) is 3.24 Å². The number of nitrogens with zero attached hydrogens (tertiary/aromatic N) is 1. The van der Waals surface area contributed by atoms with Crippen molar-refractivity contribution in [2.24, 2.45) is 11.8 Å². The van der Waals surface area contributed by atoms with E-state index in [-0.39, 0.29) is 0 Å². The van der Waals surface area contributed by atoms with Crippen LogP contribution in [-0.2, 0) is 0 Å². The molecule has 70 valence electrons. The van der Waals surface area contributed by atoms with Crippen LogP contribution in [0.2, 0.25) is 0 Å². The molecule has 1 heteroatoms. The molecule has 1 aliphatic carbocycles. The Morgan fingerprint density at radius 2 is 1.83 bits per heavy atom. The molecule has 0 N–H and O–H groups in total. The van der Waals surface area contributed by atoms with Crippen molar-refractivity contribution in [3.8, 4) is 0 Å². The van der Waals surface area contributed by atoms with Crippen molar-refractivity contribution in [3.63, 3.8) is 0 Å². The first kappa shape index (κ1) is 8.55. The fourth-order valence-electron chi connectivity index (χ4n) is 2.67. The van der Waals surface area contributed by atoms with Crippen LogP contribution >= 0.6 is 0 Å². The van der Waals surface area contributed by atoms with Gasteiger partial charge in [-0.05, 0) is 45.2 Å². The lowest BCUT2D eigenvalue weighted by Crippen LogP contribution is -2.41. The maximum atomic E-state index is 2.51. The Balaban J connectivity index is 1.84. The minimum atomic E-state index is 0.837. The predicted molar refractivity (Wildman–Crippen MR) is 52.2 cm³/mol. The van der Waals surface area contributed by atoms with Crippen LogP contribution in [0, 0.1) is 11.8 Å². The minimum absolute atomic E-state index is 0.837. The van der Waals surface area contributed by atoms with Crippen molar-refractivity contribution in [1.82, 2.24) is 4.90 Å². The van der Waals surface area contributed by atoms with Gasteiger partial charge >= 0.3 is 0 Å². The van der Waals surface area contributed by atoms with E-state index in [0.717, 1.165) is 17.9 Å². The van der Waals surface area contributed by atoms with E-state index < -0.39 is 0 Å². The lowest BCUT2D eigenvalue weighted by Gasteiger charge is -2.42. The highest BCUT2D eigenvalue weighted by atomic mass is 15.1. The molecule has 1 aliphatic heterocycles. The SMILES string of the molecule is C[C@@H]1CC(C2CCC2)CCN1C. The van der Waals surface area contributed by atoms with Crippen LogP contribution in [0.3, 0.4) is 0 Å². The highest BCUT2D eigenvalue weighted by Gasteiger charge is 2.31. The summed E-state index contributed by atoms with van der Waals surface area (Å²) in [6.07, 6.45) is 7.49. The van der Waals surface area contributed by atoms with Crippen LogP contribution in [0.4, 0.5) is 0 Å². The van der Waals surface area contributed by atoms with Gasteiger partial charge in [0, 0.05) is 6.04 Å². The molecule has 0 aromatic carbocycles. The smallest absolute Gasteiger partial charge is 0.00666 e. The molecule has 0 amide bonds. The van der Waals surface area contributed by atoms with Crippen LogP contribution in [0.15, 0.2) is 0 Å². The Kier molecular flexibility index (Phi) is 2.40. The fourth-order valence-corrected chi connectivity index (χ4v) is 2.67. The molecule has 1 saturated heterocycles. The molecule has 2 rings (SSSR count). The number of hydrogen-bond acceptors (Lipinski definition) is 1. The lowest BCUT2D eigenvalue weighted by atomic mass is 9.71. The maximum Gasteiger partial charge on any atom is 0.00666 e. The van der Waals surface area contributed by atoms with Gasteiger partial charge in [0.2, 0.25) is 0 Å². The Hall–Kier alpha value is -0.0400. The second-order valence-electron chi connectivity index (χ2n) is 4.81. The lowest BCUT2D eigenvalue weighted by molar-refractivity contribution is 0.0858. The van der Waals surface area contributed by atoms with E-state index in [9.17, 15) is 0 Å². The second kappa shape index (κ2) is 3.37. The van der Waals surface area contributed by atoms with Gasteiger partial charge in [0.15, 0.2) is 0 Å². The van der Waals surface area contributed by atoms with Crippen molar-refractivity contribution in [1.29, 1.82) is 0 Å². The van der Waals surface area contributed by atoms with E-state index in [1.165, 1.54) is 38.6 Å². The van der Waals surface area contributed by atoms with Gasteiger partial charge in [0.1, 0.15) is 0 Å². The Labute approximate surface area is 76.1 Å². The monoisotopic (exact) mass is 167 g/mol. The van der Waals surface area contributed by atoms with E-state index >= 15 is 0 Å². The van der Waals surface area contributed by atoms with Gasteiger partial charge in [-0.25, -0.2) is 0 Å². The van der Waals surface area contributed by atoms with Crippen LogP contribution in [-0.4, -0.2) is 24.5 Å².